The molecule has 0 aliphatic carbocycles. The summed E-state index contributed by atoms with van der Waals surface area (Å²) >= 11 is 0. The van der Waals surface area contributed by atoms with Crippen LogP contribution in [0, 0.1) is 6.92 Å². The molecular formula is C27H22N2O4. The number of nitrogens with one attached hydrogen (secondary N) is 1. The predicted octanol–water partition coefficient (Wildman–Crippen LogP) is 5.11. The number of methoxy groups -OCH3 is 1. The number of aromatic nitrogens is 1. The number of carbonyl (C=O) groups excluding carboxylic acids is 2. The van der Waals surface area contributed by atoms with E-state index in [1.165, 1.54) is 12.0 Å². The molecule has 33 heavy (non-hydrogen) atoms. The number of amides is 1. The van der Waals surface area contributed by atoms with Gasteiger partial charge in [0.2, 0.25) is 0 Å². The Morgan fingerprint density at radius 2 is 1.67 bits per heavy atom. The van der Waals surface area contributed by atoms with Crippen molar-refractivity contribution in [2.45, 2.75) is 13.0 Å². The van der Waals surface area contributed by atoms with E-state index < -0.39 is 17.7 Å². The van der Waals surface area contributed by atoms with E-state index in [-0.39, 0.29) is 11.3 Å². The number of para-hydroxylation sites is 3. The summed E-state index contributed by atoms with van der Waals surface area (Å²) in [6.45, 7) is 1.89. The molecule has 3 aromatic carbocycles. The van der Waals surface area contributed by atoms with E-state index in [0.29, 0.717) is 17.0 Å². The molecule has 1 amide bonds. The molecule has 1 fully saturated rings. The first-order valence-corrected chi connectivity index (χ1v) is 10.6. The second-order valence-corrected chi connectivity index (χ2v) is 7.95. The van der Waals surface area contributed by atoms with Gasteiger partial charge in [0.05, 0.1) is 24.3 Å². The van der Waals surface area contributed by atoms with Crippen LogP contribution in [0.15, 0.2) is 84.6 Å². The van der Waals surface area contributed by atoms with Crippen molar-refractivity contribution < 1.29 is 19.4 Å². The average molecular weight is 438 g/mol. The number of ether oxygens (including phenoxy) is 1. The Balaban J connectivity index is 1.82. The molecule has 1 aromatic heterocycles. The van der Waals surface area contributed by atoms with Crippen LogP contribution < -0.4 is 9.64 Å². The van der Waals surface area contributed by atoms with Gasteiger partial charge in [-0.25, -0.2) is 0 Å². The lowest BCUT2D eigenvalue weighted by Crippen LogP contribution is -2.30. The number of carbonyl (C=O) groups is 2. The first-order chi connectivity index (χ1) is 16.0. The molecule has 0 radical (unpaired) electrons. The third kappa shape index (κ3) is 3.19. The number of ketones is 1. The third-order valence-electron chi connectivity index (χ3n) is 6.10. The third-order valence-corrected chi connectivity index (χ3v) is 6.10. The van der Waals surface area contributed by atoms with Crippen molar-refractivity contribution in [2.24, 2.45) is 0 Å². The zero-order valence-corrected chi connectivity index (χ0v) is 18.2. The number of hydrogen-bond donors (Lipinski definition) is 2. The quantitative estimate of drug-likeness (QED) is 0.263. The summed E-state index contributed by atoms with van der Waals surface area (Å²) in [5.41, 5.74) is 3.45. The molecule has 0 spiro atoms. The van der Waals surface area contributed by atoms with Crippen molar-refractivity contribution >= 4 is 34.0 Å². The van der Waals surface area contributed by atoms with Crippen LogP contribution in [0.5, 0.6) is 5.75 Å². The Morgan fingerprint density at radius 3 is 2.45 bits per heavy atom. The summed E-state index contributed by atoms with van der Waals surface area (Å²) in [6, 6.07) is 21.2. The van der Waals surface area contributed by atoms with Gasteiger partial charge in [-0.2, -0.15) is 0 Å². The van der Waals surface area contributed by atoms with Crippen LogP contribution in [0.2, 0.25) is 0 Å². The van der Waals surface area contributed by atoms with Crippen molar-refractivity contribution in [3.63, 3.8) is 0 Å². The number of benzene rings is 3. The Kier molecular flexibility index (Phi) is 4.98. The van der Waals surface area contributed by atoms with Gasteiger partial charge in [-0.15, -0.1) is 0 Å². The van der Waals surface area contributed by atoms with Gasteiger partial charge in [-0.05, 0) is 36.8 Å². The number of anilines is 1. The number of aryl methyl sites for hydroxylation is 1. The number of aliphatic hydroxyl groups is 1. The highest BCUT2D eigenvalue weighted by Gasteiger charge is 2.48. The monoisotopic (exact) mass is 438 g/mol. The van der Waals surface area contributed by atoms with Gasteiger partial charge in [-0.1, -0.05) is 48.5 Å². The van der Waals surface area contributed by atoms with E-state index in [1.54, 1.807) is 30.5 Å². The van der Waals surface area contributed by atoms with Crippen LogP contribution in [-0.4, -0.2) is 28.9 Å². The number of Topliss-reactive ketones (excluding diaryl/α,β-unsaturated/α-hetero) is 1. The zero-order chi connectivity index (χ0) is 23.1. The molecule has 5 rings (SSSR count). The SMILES string of the molecule is COc1ccccc1/C(O)=C1\C(=O)C(=O)N(c2ccccc2C)C1c1c[nH]c2ccccc12. The summed E-state index contributed by atoms with van der Waals surface area (Å²) in [7, 11) is 1.50. The number of aliphatic hydroxyl groups excluding tert-OH is 1. The molecule has 4 aromatic rings. The molecular weight excluding hydrogens is 416 g/mol. The van der Waals surface area contributed by atoms with E-state index in [1.807, 2.05) is 55.5 Å². The Labute approximate surface area is 190 Å². The minimum absolute atomic E-state index is 0.0255. The minimum Gasteiger partial charge on any atom is -0.507 e. The molecule has 1 saturated heterocycles. The Morgan fingerprint density at radius 1 is 0.970 bits per heavy atom. The zero-order valence-electron chi connectivity index (χ0n) is 18.2. The molecule has 1 unspecified atom stereocenters. The number of nitrogens with zero attached hydrogens (tertiary/aromatic N) is 1. The maximum atomic E-state index is 13.4. The normalized spacial score (nSPS) is 17.6. The average Bonchev–Trinajstić information content (AvgIpc) is 3.38. The highest BCUT2D eigenvalue weighted by Crippen LogP contribution is 2.45. The maximum Gasteiger partial charge on any atom is 0.300 e. The van der Waals surface area contributed by atoms with Gasteiger partial charge in [0.1, 0.15) is 11.5 Å². The summed E-state index contributed by atoms with van der Waals surface area (Å²) < 4.78 is 5.40. The molecule has 2 N–H and O–H groups in total. The lowest BCUT2D eigenvalue weighted by molar-refractivity contribution is -0.132. The van der Waals surface area contributed by atoms with Crippen LogP contribution in [0.25, 0.3) is 16.7 Å². The molecule has 164 valence electrons. The second-order valence-electron chi connectivity index (χ2n) is 7.95. The lowest BCUT2D eigenvalue weighted by atomic mass is 9.94. The predicted molar refractivity (Wildman–Crippen MR) is 127 cm³/mol. The van der Waals surface area contributed by atoms with Gasteiger partial charge >= 0.3 is 0 Å². The van der Waals surface area contributed by atoms with E-state index in [9.17, 15) is 14.7 Å². The number of H-pyrrole nitrogens is 1. The smallest absolute Gasteiger partial charge is 0.300 e. The largest absolute Gasteiger partial charge is 0.507 e. The molecule has 6 nitrogen and oxygen atoms in total. The summed E-state index contributed by atoms with van der Waals surface area (Å²) in [4.78, 5) is 31.5. The first-order valence-electron chi connectivity index (χ1n) is 10.6. The summed E-state index contributed by atoms with van der Waals surface area (Å²) in [6.07, 6.45) is 1.79. The second kappa shape index (κ2) is 7.98. The van der Waals surface area contributed by atoms with E-state index in [4.69, 9.17) is 4.74 Å². The Bertz CT molecular complexity index is 1430. The number of aromatic amines is 1. The van der Waals surface area contributed by atoms with Crippen LogP contribution in [-0.2, 0) is 9.59 Å². The number of hydrogen-bond acceptors (Lipinski definition) is 4. The first kappa shape index (κ1) is 20.6. The van der Waals surface area contributed by atoms with Crippen LogP contribution in [0.1, 0.15) is 22.7 Å². The molecule has 6 heteroatoms. The number of rotatable bonds is 4. The molecule has 2 heterocycles. The van der Waals surface area contributed by atoms with Crippen molar-refractivity contribution in [1.82, 2.24) is 4.98 Å². The van der Waals surface area contributed by atoms with Crippen molar-refractivity contribution in [3.8, 4) is 5.75 Å². The number of fused-ring (bicyclic) bond motifs is 1. The van der Waals surface area contributed by atoms with E-state index >= 15 is 0 Å². The molecule has 0 bridgehead atoms. The van der Waals surface area contributed by atoms with E-state index in [0.717, 1.165) is 22.0 Å². The highest BCUT2D eigenvalue weighted by molar-refractivity contribution is 6.52. The molecule has 0 saturated carbocycles. The molecule has 1 aliphatic rings. The van der Waals surface area contributed by atoms with Gasteiger partial charge < -0.3 is 14.8 Å². The fourth-order valence-electron chi connectivity index (χ4n) is 4.51. The highest BCUT2D eigenvalue weighted by atomic mass is 16.5. The van der Waals surface area contributed by atoms with E-state index in [2.05, 4.69) is 4.98 Å². The van der Waals surface area contributed by atoms with Crippen LogP contribution in [0.3, 0.4) is 0 Å². The standard InChI is InChI=1S/C27H22N2O4/c1-16-9-3-7-13-21(16)29-24(19-15-28-20-12-6-4-10-17(19)20)23(26(31)27(29)32)25(30)18-11-5-8-14-22(18)33-2/h3-15,24,28,30H,1-2H3/b25-23+. The molecule has 1 atom stereocenters. The maximum absolute atomic E-state index is 13.4. The molecule has 1 aliphatic heterocycles. The van der Waals surface area contributed by atoms with Crippen molar-refractivity contribution in [2.75, 3.05) is 12.0 Å². The van der Waals surface area contributed by atoms with Gasteiger partial charge in [0.25, 0.3) is 11.7 Å². The lowest BCUT2D eigenvalue weighted by Gasteiger charge is -2.26. The van der Waals surface area contributed by atoms with Crippen molar-refractivity contribution in [3.05, 3.63) is 101 Å². The van der Waals surface area contributed by atoms with Gasteiger partial charge in [-0.3, -0.25) is 14.5 Å². The topological polar surface area (TPSA) is 82.6 Å². The van der Waals surface area contributed by atoms with Crippen LogP contribution >= 0.6 is 0 Å². The van der Waals surface area contributed by atoms with Gasteiger partial charge in [0.15, 0.2) is 0 Å². The van der Waals surface area contributed by atoms with Crippen molar-refractivity contribution in [1.29, 1.82) is 0 Å². The van der Waals surface area contributed by atoms with Crippen LogP contribution in [0.4, 0.5) is 5.69 Å². The minimum atomic E-state index is -0.813. The Hall–Kier alpha value is -4.32. The summed E-state index contributed by atoms with van der Waals surface area (Å²) in [5, 5.41) is 12.3. The summed E-state index contributed by atoms with van der Waals surface area (Å²) in [5.74, 6) is -1.28. The van der Waals surface area contributed by atoms with Gasteiger partial charge in [0, 0.05) is 28.4 Å². The fourth-order valence-corrected chi connectivity index (χ4v) is 4.51. The fraction of sp³-hybridized carbons (Fsp3) is 0.111.